The molecule has 0 spiro atoms. The van der Waals surface area contributed by atoms with Crippen molar-refractivity contribution in [3.05, 3.63) is 11.6 Å². The molecule has 0 N–H and O–H groups in total. The van der Waals surface area contributed by atoms with Gasteiger partial charge >= 0.3 is 0 Å². The van der Waals surface area contributed by atoms with Crippen LogP contribution in [0, 0.1) is 62.6 Å². The average molecular weight is 469 g/mol. The molecule has 1 heteroatoms. The van der Waals surface area contributed by atoms with Crippen molar-refractivity contribution in [2.45, 2.75) is 128 Å². The topological polar surface area (TPSA) is 17.1 Å². The van der Waals surface area contributed by atoms with E-state index in [0.717, 1.165) is 24.2 Å². The number of carbonyl (C=O) groups excluding carboxylic acids is 1. The number of hydrogen-bond donors (Lipinski definition) is 0. The summed E-state index contributed by atoms with van der Waals surface area (Å²) in [5.41, 5.74) is 2.97. The van der Waals surface area contributed by atoms with Gasteiger partial charge in [0.05, 0.1) is 0 Å². The zero-order valence-electron chi connectivity index (χ0n) is 24.6. The molecule has 0 aromatic rings. The van der Waals surface area contributed by atoms with Crippen LogP contribution in [0.15, 0.2) is 11.6 Å². The van der Waals surface area contributed by atoms with E-state index in [1.165, 1.54) is 44.9 Å². The number of allylic oxidation sites excluding steroid dienone is 2. The summed E-state index contributed by atoms with van der Waals surface area (Å²) in [6, 6.07) is 0. The van der Waals surface area contributed by atoms with E-state index in [1.54, 1.807) is 5.57 Å². The lowest BCUT2D eigenvalue weighted by atomic mass is 9.42. The molecule has 3 saturated carbocycles. The van der Waals surface area contributed by atoms with Gasteiger partial charge in [0, 0.05) is 5.92 Å². The lowest BCUT2D eigenvalue weighted by molar-refractivity contribution is -0.134. The summed E-state index contributed by atoms with van der Waals surface area (Å²) < 4.78 is 0. The molecule has 4 aliphatic rings. The first kappa shape index (κ1) is 26.5. The third-order valence-electron chi connectivity index (χ3n) is 13.1. The first-order valence-electron chi connectivity index (χ1n) is 14.7. The van der Waals surface area contributed by atoms with E-state index in [-0.39, 0.29) is 16.7 Å². The van der Waals surface area contributed by atoms with Crippen LogP contribution in [0.25, 0.3) is 0 Å². The van der Waals surface area contributed by atoms with E-state index in [4.69, 9.17) is 0 Å². The van der Waals surface area contributed by atoms with Crippen LogP contribution < -0.4 is 0 Å². The van der Waals surface area contributed by atoms with Crippen molar-refractivity contribution in [3.8, 4) is 0 Å². The van der Waals surface area contributed by atoms with Gasteiger partial charge < -0.3 is 0 Å². The van der Waals surface area contributed by atoms with Gasteiger partial charge in [-0.15, -0.1) is 0 Å². The molecule has 0 amide bonds. The third kappa shape index (κ3) is 3.80. The molecule has 0 saturated heterocycles. The quantitative estimate of drug-likeness (QED) is 0.401. The predicted octanol–water partition coefficient (Wildman–Crippen LogP) is 9.51. The number of fused-ring (bicyclic) bond motifs is 5. The summed E-state index contributed by atoms with van der Waals surface area (Å²) in [5.74, 6) is 4.24. The van der Waals surface area contributed by atoms with E-state index < -0.39 is 0 Å². The maximum atomic E-state index is 13.6. The first-order valence-corrected chi connectivity index (χ1v) is 14.7. The van der Waals surface area contributed by atoms with E-state index in [2.05, 4.69) is 82.2 Å². The standard InChI is InChI=1S/C33H56O/c1-21-18-26-27(34)19-25-24(31(26,9)20-22(21)2)13-16-33(11)28(14-17-32(25,33)10)30(7,8)15-12-23(3)29(4,5)6/h19,21-24,26,28H,12-18,20H2,1-11H3/t21-,22+,23?,24?,26+,28-,31-,32+,33-/m1/s1. The zero-order chi connectivity index (χ0) is 25.5. The third-order valence-corrected chi connectivity index (χ3v) is 13.1. The molecule has 0 aliphatic heterocycles. The number of ketones is 1. The van der Waals surface area contributed by atoms with Crippen LogP contribution in [0.1, 0.15) is 128 Å². The monoisotopic (exact) mass is 468 g/mol. The lowest BCUT2D eigenvalue weighted by Gasteiger charge is -2.62. The SMILES string of the molecule is CC(CCC(C)(C)[C@H]1CC[C@@]2(C)C3=CC(=O)[C@@H]4C[C@@H](C)[C@@H](C)C[C@]4(C)C3CC[C@]12C)C(C)(C)C. The molecule has 3 fully saturated rings. The van der Waals surface area contributed by atoms with Crippen LogP contribution >= 0.6 is 0 Å². The van der Waals surface area contributed by atoms with Crippen LogP contribution in [0.4, 0.5) is 0 Å². The summed E-state index contributed by atoms with van der Waals surface area (Å²) in [5, 5.41) is 0. The lowest BCUT2D eigenvalue weighted by Crippen LogP contribution is -2.56. The van der Waals surface area contributed by atoms with Gasteiger partial charge in [-0.05, 0) is 114 Å². The summed E-state index contributed by atoms with van der Waals surface area (Å²) >= 11 is 0. The maximum absolute atomic E-state index is 13.6. The Morgan fingerprint density at radius 1 is 0.971 bits per heavy atom. The molecule has 4 rings (SSSR count). The summed E-state index contributed by atoms with van der Waals surface area (Å²) in [6.07, 6.45) is 12.4. The molecule has 0 bridgehead atoms. The van der Waals surface area contributed by atoms with E-state index in [0.29, 0.717) is 33.9 Å². The second kappa shape index (κ2) is 8.21. The largest absolute Gasteiger partial charge is 0.295 e. The molecule has 0 radical (unpaired) electrons. The first-order chi connectivity index (χ1) is 15.5. The molecule has 34 heavy (non-hydrogen) atoms. The van der Waals surface area contributed by atoms with Crippen LogP contribution in [-0.4, -0.2) is 5.78 Å². The minimum atomic E-state index is 0.174. The summed E-state index contributed by atoms with van der Waals surface area (Å²) in [4.78, 5) is 13.6. The Kier molecular flexibility index (Phi) is 6.39. The Bertz CT molecular complexity index is 841. The van der Waals surface area contributed by atoms with Gasteiger partial charge in [-0.2, -0.15) is 0 Å². The van der Waals surface area contributed by atoms with Crippen LogP contribution in [0.3, 0.4) is 0 Å². The molecular formula is C33H56O. The predicted molar refractivity (Wildman–Crippen MR) is 146 cm³/mol. The van der Waals surface area contributed by atoms with Gasteiger partial charge in [-0.25, -0.2) is 0 Å². The van der Waals surface area contributed by atoms with Gasteiger partial charge in [-0.1, -0.05) is 81.7 Å². The van der Waals surface area contributed by atoms with Crippen molar-refractivity contribution in [1.29, 1.82) is 0 Å². The highest BCUT2D eigenvalue weighted by atomic mass is 16.1. The van der Waals surface area contributed by atoms with Crippen molar-refractivity contribution >= 4 is 5.78 Å². The van der Waals surface area contributed by atoms with Crippen molar-refractivity contribution in [3.63, 3.8) is 0 Å². The maximum Gasteiger partial charge on any atom is 0.159 e. The van der Waals surface area contributed by atoms with Crippen LogP contribution in [-0.2, 0) is 4.79 Å². The molecule has 0 aromatic carbocycles. The number of carbonyl (C=O) groups is 1. The van der Waals surface area contributed by atoms with Gasteiger partial charge in [0.1, 0.15) is 0 Å². The molecular weight excluding hydrogens is 412 g/mol. The average Bonchev–Trinajstić information content (AvgIpc) is 3.00. The fourth-order valence-electron chi connectivity index (χ4n) is 9.71. The van der Waals surface area contributed by atoms with Gasteiger partial charge in [0.2, 0.25) is 0 Å². The Hall–Kier alpha value is -0.590. The molecule has 0 aromatic heterocycles. The highest BCUT2D eigenvalue weighted by molar-refractivity contribution is 5.94. The second-order valence-electron chi connectivity index (χ2n) is 16.2. The van der Waals surface area contributed by atoms with Gasteiger partial charge in [-0.3, -0.25) is 4.79 Å². The van der Waals surface area contributed by atoms with Gasteiger partial charge in [0.15, 0.2) is 5.78 Å². The molecule has 194 valence electrons. The minimum absolute atomic E-state index is 0.174. The van der Waals surface area contributed by atoms with Crippen LogP contribution in [0.2, 0.25) is 0 Å². The van der Waals surface area contributed by atoms with Crippen molar-refractivity contribution in [2.75, 3.05) is 0 Å². The Morgan fingerprint density at radius 2 is 1.62 bits per heavy atom. The highest BCUT2D eigenvalue weighted by Gasteiger charge is 2.66. The number of rotatable bonds is 4. The minimum Gasteiger partial charge on any atom is -0.295 e. The Balaban J connectivity index is 1.64. The summed E-state index contributed by atoms with van der Waals surface area (Å²) in [6.45, 7) is 27.3. The normalized spacial score (nSPS) is 45.8. The second-order valence-corrected chi connectivity index (χ2v) is 16.2. The fraction of sp³-hybridized carbons (Fsp3) is 0.909. The molecule has 0 heterocycles. The van der Waals surface area contributed by atoms with E-state index in [9.17, 15) is 4.79 Å². The van der Waals surface area contributed by atoms with Crippen molar-refractivity contribution < 1.29 is 4.79 Å². The smallest absolute Gasteiger partial charge is 0.159 e. The highest BCUT2D eigenvalue weighted by Crippen LogP contribution is 2.73. The van der Waals surface area contributed by atoms with Crippen molar-refractivity contribution in [2.24, 2.45) is 62.6 Å². The zero-order valence-corrected chi connectivity index (χ0v) is 24.6. The fourth-order valence-corrected chi connectivity index (χ4v) is 9.71. The number of hydrogen-bond acceptors (Lipinski definition) is 1. The Morgan fingerprint density at radius 3 is 2.24 bits per heavy atom. The summed E-state index contributed by atoms with van der Waals surface area (Å²) in [7, 11) is 0. The van der Waals surface area contributed by atoms with Gasteiger partial charge in [0.25, 0.3) is 0 Å². The van der Waals surface area contributed by atoms with E-state index in [1.807, 2.05) is 0 Å². The molecule has 9 atom stereocenters. The van der Waals surface area contributed by atoms with E-state index >= 15 is 0 Å². The molecule has 2 unspecified atom stereocenters. The molecule has 1 nitrogen and oxygen atoms in total. The van der Waals surface area contributed by atoms with Crippen LogP contribution in [0.5, 0.6) is 0 Å². The van der Waals surface area contributed by atoms with Crippen molar-refractivity contribution in [1.82, 2.24) is 0 Å². The Labute approximate surface area is 212 Å². The molecule has 4 aliphatic carbocycles.